The van der Waals surface area contributed by atoms with E-state index in [0.717, 1.165) is 22.4 Å². The van der Waals surface area contributed by atoms with E-state index in [2.05, 4.69) is 10.6 Å². The minimum absolute atomic E-state index is 0.296. The predicted molar refractivity (Wildman–Crippen MR) is 85.6 cm³/mol. The van der Waals surface area contributed by atoms with Crippen molar-refractivity contribution in [1.82, 2.24) is 0 Å². The third kappa shape index (κ3) is 3.83. The first-order valence-corrected chi connectivity index (χ1v) is 6.89. The summed E-state index contributed by atoms with van der Waals surface area (Å²) in [5.41, 5.74) is 4.27. The molecule has 0 aromatic heterocycles. The second kappa shape index (κ2) is 6.41. The molecule has 0 aliphatic rings. The van der Waals surface area contributed by atoms with Gasteiger partial charge in [0.15, 0.2) is 0 Å². The van der Waals surface area contributed by atoms with Crippen LogP contribution < -0.4 is 10.6 Å². The van der Waals surface area contributed by atoms with Gasteiger partial charge in [0.25, 0.3) is 0 Å². The Balaban J connectivity index is 2.10. The second-order valence-corrected chi connectivity index (χ2v) is 5.15. The molecule has 0 saturated heterocycles. The van der Waals surface area contributed by atoms with Gasteiger partial charge < -0.3 is 15.7 Å². The van der Waals surface area contributed by atoms with E-state index in [9.17, 15) is 9.90 Å². The highest BCUT2D eigenvalue weighted by atomic mass is 16.3. The molecule has 1 atom stereocenters. The highest BCUT2D eigenvalue weighted by molar-refractivity contribution is 6.00. The largest absolute Gasteiger partial charge is 0.389 e. The van der Waals surface area contributed by atoms with E-state index in [0.29, 0.717) is 5.69 Å². The summed E-state index contributed by atoms with van der Waals surface area (Å²) in [7, 11) is 0. The van der Waals surface area contributed by atoms with Gasteiger partial charge in [0, 0.05) is 11.4 Å². The molecule has 0 aliphatic carbocycles. The highest BCUT2D eigenvalue weighted by Crippen LogP contribution is 2.20. The molecule has 0 fully saturated rings. The van der Waals surface area contributed by atoms with Crippen molar-refractivity contribution in [3.63, 3.8) is 0 Å². The minimum Gasteiger partial charge on any atom is -0.389 e. The van der Waals surface area contributed by atoms with Gasteiger partial charge in [-0.05, 0) is 49.6 Å². The Bertz CT molecular complexity index is 631. The average Bonchev–Trinajstić information content (AvgIpc) is 2.43. The van der Waals surface area contributed by atoms with E-state index >= 15 is 0 Å². The molecule has 0 bridgehead atoms. The first-order chi connectivity index (χ1) is 9.97. The fourth-order valence-electron chi connectivity index (χ4n) is 2.16. The smallest absolute Gasteiger partial charge is 0.323 e. The normalized spacial score (nSPS) is 11.8. The molecule has 0 spiro atoms. The number of urea groups is 1. The van der Waals surface area contributed by atoms with Gasteiger partial charge in [-0.25, -0.2) is 4.79 Å². The quantitative estimate of drug-likeness (QED) is 0.797. The lowest BCUT2D eigenvalue weighted by Gasteiger charge is -2.13. The van der Waals surface area contributed by atoms with Crippen molar-refractivity contribution >= 4 is 17.4 Å². The zero-order chi connectivity index (χ0) is 15.4. The fraction of sp³-hybridized carbons (Fsp3) is 0.235. The molecule has 0 heterocycles. The molecule has 0 saturated carbocycles. The van der Waals surface area contributed by atoms with Gasteiger partial charge in [0.05, 0.1) is 6.10 Å². The Morgan fingerprint density at radius 3 is 2.29 bits per heavy atom. The molecule has 2 amide bonds. The maximum atomic E-state index is 12.1. The first kappa shape index (κ1) is 15.1. The number of aliphatic hydroxyl groups excluding tert-OH is 1. The van der Waals surface area contributed by atoms with Crippen molar-refractivity contribution in [3.8, 4) is 0 Å². The van der Waals surface area contributed by atoms with Crippen LogP contribution in [0, 0.1) is 13.8 Å². The van der Waals surface area contributed by atoms with Crippen molar-refractivity contribution in [2.24, 2.45) is 0 Å². The maximum Gasteiger partial charge on any atom is 0.323 e. The van der Waals surface area contributed by atoms with Crippen molar-refractivity contribution in [1.29, 1.82) is 0 Å². The molecular weight excluding hydrogens is 264 g/mol. The number of amides is 2. The van der Waals surface area contributed by atoms with Gasteiger partial charge in [-0.3, -0.25) is 0 Å². The lowest BCUT2D eigenvalue weighted by atomic mass is 10.1. The SMILES string of the molecule is Cc1cccc(C)c1NC(=O)Nc1cccc(C(C)O)c1. The number of hydrogen-bond donors (Lipinski definition) is 3. The predicted octanol–water partition coefficient (Wildman–Crippen LogP) is 4.00. The van der Waals surface area contributed by atoms with Gasteiger partial charge in [-0.1, -0.05) is 30.3 Å². The lowest BCUT2D eigenvalue weighted by molar-refractivity contribution is 0.199. The molecule has 2 aromatic carbocycles. The Hall–Kier alpha value is -2.33. The third-order valence-corrected chi connectivity index (χ3v) is 3.35. The summed E-state index contributed by atoms with van der Waals surface area (Å²) in [6, 6.07) is 12.7. The Kier molecular flexibility index (Phi) is 4.60. The van der Waals surface area contributed by atoms with E-state index in [1.54, 1.807) is 25.1 Å². The molecular formula is C17H20N2O2. The van der Waals surface area contributed by atoms with Gasteiger partial charge in [0.1, 0.15) is 0 Å². The number of anilines is 2. The summed E-state index contributed by atoms with van der Waals surface area (Å²) in [5.74, 6) is 0. The molecule has 2 aromatic rings. The summed E-state index contributed by atoms with van der Waals surface area (Å²) in [5, 5.41) is 15.2. The summed E-state index contributed by atoms with van der Waals surface area (Å²) in [6.45, 7) is 5.60. The summed E-state index contributed by atoms with van der Waals surface area (Å²) >= 11 is 0. The number of rotatable bonds is 3. The van der Waals surface area contributed by atoms with E-state index in [4.69, 9.17) is 0 Å². The van der Waals surface area contributed by atoms with E-state index < -0.39 is 6.10 Å². The van der Waals surface area contributed by atoms with Crippen molar-refractivity contribution in [2.75, 3.05) is 10.6 Å². The van der Waals surface area contributed by atoms with Crippen LogP contribution in [0.4, 0.5) is 16.2 Å². The summed E-state index contributed by atoms with van der Waals surface area (Å²) in [4.78, 5) is 12.1. The number of aryl methyl sites for hydroxylation is 2. The van der Waals surface area contributed by atoms with E-state index in [1.807, 2.05) is 38.1 Å². The molecule has 3 N–H and O–H groups in total. The first-order valence-electron chi connectivity index (χ1n) is 6.89. The van der Waals surface area contributed by atoms with Crippen LogP contribution in [0.1, 0.15) is 29.7 Å². The second-order valence-electron chi connectivity index (χ2n) is 5.15. The van der Waals surface area contributed by atoms with Gasteiger partial charge in [-0.2, -0.15) is 0 Å². The zero-order valence-corrected chi connectivity index (χ0v) is 12.5. The van der Waals surface area contributed by atoms with Crippen LogP contribution in [0.15, 0.2) is 42.5 Å². The van der Waals surface area contributed by atoms with Crippen LogP contribution in [0.2, 0.25) is 0 Å². The Morgan fingerprint density at radius 1 is 1.05 bits per heavy atom. The average molecular weight is 284 g/mol. The maximum absolute atomic E-state index is 12.1. The van der Waals surface area contributed by atoms with Gasteiger partial charge in [0.2, 0.25) is 0 Å². The highest BCUT2D eigenvalue weighted by Gasteiger charge is 2.08. The number of carbonyl (C=O) groups is 1. The molecule has 21 heavy (non-hydrogen) atoms. The van der Waals surface area contributed by atoms with Crippen molar-refractivity contribution in [3.05, 3.63) is 59.2 Å². The molecule has 4 nitrogen and oxygen atoms in total. The molecule has 110 valence electrons. The van der Waals surface area contributed by atoms with E-state index in [-0.39, 0.29) is 6.03 Å². The number of aliphatic hydroxyl groups is 1. The van der Waals surface area contributed by atoms with Crippen LogP contribution in [0.25, 0.3) is 0 Å². The van der Waals surface area contributed by atoms with Gasteiger partial charge >= 0.3 is 6.03 Å². The number of para-hydroxylation sites is 1. The molecule has 4 heteroatoms. The lowest BCUT2D eigenvalue weighted by Crippen LogP contribution is -2.20. The molecule has 1 unspecified atom stereocenters. The van der Waals surface area contributed by atoms with Crippen LogP contribution in [0.3, 0.4) is 0 Å². The Morgan fingerprint density at radius 2 is 1.67 bits per heavy atom. The summed E-state index contributed by atoms with van der Waals surface area (Å²) in [6.07, 6.45) is -0.562. The standard InChI is InChI=1S/C17H20N2O2/c1-11-6-4-7-12(2)16(11)19-17(21)18-15-9-5-8-14(10-15)13(3)20/h4-10,13,20H,1-3H3,(H2,18,19,21). The number of nitrogens with one attached hydrogen (secondary N) is 2. The zero-order valence-electron chi connectivity index (χ0n) is 12.5. The number of benzene rings is 2. The monoisotopic (exact) mass is 284 g/mol. The van der Waals surface area contributed by atoms with Crippen LogP contribution in [-0.2, 0) is 0 Å². The van der Waals surface area contributed by atoms with Crippen LogP contribution in [-0.4, -0.2) is 11.1 Å². The van der Waals surface area contributed by atoms with Crippen LogP contribution in [0.5, 0.6) is 0 Å². The molecule has 2 rings (SSSR count). The van der Waals surface area contributed by atoms with E-state index in [1.165, 1.54) is 0 Å². The number of carbonyl (C=O) groups excluding carboxylic acids is 1. The molecule has 0 radical (unpaired) electrons. The fourth-order valence-corrected chi connectivity index (χ4v) is 2.16. The van der Waals surface area contributed by atoms with Gasteiger partial charge in [-0.15, -0.1) is 0 Å². The molecule has 0 aliphatic heterocycles. The Labute approximate surface area is 124 Å². The van der Waals surface area contributed by atoms with Crippen molar-refractivity contribution in [2.45, 2.75) is 26.9 Å². The topological polar surface area (TPSA) is 61.4 Å². The number of hydrogen-bond acceptors (Lipinski definition) is 2. The van der Waals surface area contributed by atoms with Crippen LogP contribution >= 0.6 is 0 Å². The third-order valence-electron chi connectivity index (χ3n) is 3.35. The van der Waals surface area contributed by atoms with Crippen molar-refractivity contribution < 1.29 is 9.90 Å². The summed E-state index contributed by atoms with van der Waals surface area (Å²) < 4.78 is 0. The minimum atomic E-state index is -0.562.